The van der Waals surface area contributed by atoms with Crippen molar-refractivity contribution in [2.24, 2.45) is 0 Å². The van der Waals surface area contributed by atoms with Gasteiger partial charge in [0.05, 0.1) is 25.1 Å². The minimum Gasteiger partial charge on any atom is -0.486 e. The topological polar surface area (TPSA) is 85.4 Å². The third-order valence-corrected chi connectivity index (χ3v) is 7.14. The summed E-state index contributed by atoms with van der Waals surface area (Å²) < 4.78 is 18.0. The zero-order chi connectivity index (χ0) is 24.4. The molecule has 2 amide bonds. The Morgan fingerprint density at radius 1 is 1.06 bits per heavy atom. The van der Waals surface area contributed by atoms with Gasteiger partial charge in [-0.3, -0.25) is 14.4 Å². The molecule has 2 aromatic rings. The lowest BCUT2D eigenvalue weighted by molar-refractivity contribution is -0.141. The standard InChI is InChI=1S/C27H30N2O6/c1-19(30)28-11-9-27(10-12-28)16-23(31)22-8-7-21(15-24(22)35-27)34-18-26(32)29-13-14-33-25(17-29)20-5-3-2-4-6-20/h2-8,15,25H,9-14,16-18H2,1H3/t25-/m1/s1. The molecule has 3 aliphatic rings. The van der Waals surface area contributed by atoms with Gasteiger partial charge >= 0.3 is 0 Å². The Morgan fingerprint density at radius 3 is 2.57 bits per heavy atom. The van der Waals surface area contributed by atoms with E-state index in [2.05, 4.69) is 0 Å². The smallest absolute Gasteiger partial charge is 0.260 e. The number of fused-ring (bicyclic) bond motifs is 1. The molecule has 1 spiro atoms. The molecule has 5 rings (SSSR count). The number of ketones is 1. The van der Waals surface area contributed by atoms with Crippen LogP contribution in [0.15, 0.2) is 48.5 Å². The van der Waals surface area contributed by atoms with E-state index in [0.717, 1.165) is 5.56 Å². The lowest BCUT2D eigenvalue weighted by Gasteiger charge is -2.43. The summed E-state index contributed by atoms with van der Waals surface area (Å²) in [7, 11) is 0. The second-order valence-electron chi connectivity index (χ2n) is 9.45. The van der Waals surface area contributed by atoms with Crippen molar-refractivity contribution < 1.29 is 28.6 Å². The van der Waals surface area contributed by atoms with Gasteiger partial charge in [0.2, 0.25) is 5.91 Å². The van der Waals surface area contributed by atoms with E-state index < -0.39 is 5.60 Å². The van der Waals surface area contributed by atoms with Gasteiger partial charge in [-0.2, -0.15) is 0 Å². The Balaban J connectivity index is 1.21. The number of ether oxygens (including phenoxy) is 3. The molecule has 0 bridgehead atoms. The number of Topliss-reactive ketones (excluding diaryl/α,β-unsaturated/α-hetero) is 1. The predicted octanol–water partition coefficient (Wildman–Crippen LogP) is 3.01. The fraction of sp³-hybridized carbons (Fsp3) is 0.444. The summed E-state index contributed by atoms with van der Waals surface area (Å²) in [5.74, 6) is 0.925. The molecule has 0 aromatic heterocycles. The van der Waals surface area contributed by atoms with Crippen LogP contribution in [0, 0.1) is 0 Å². The van der Waals surface area contributed by atoms with Crippen LogP contribution in [-0.4, -0.2) is 72.4 Å². The molecular weight excluding hydrogens is 448 g/mol. The molecule has 2 saturated heterocycles. The van der Waals surface area contributed by atoms with Crippen molar-refractivity contribution >= 4 is 17.6 Å². The second-order valence-corrected chi connectivity index (χ2v) is 9.45. The van der Waals surface area contributed by atoms with Gasteiger partial charge in [0, 0.05) is 45.5 Å². The first-order valence-electron chi connectivity index (χ1n) is 12.1. The zero-order valence-corrected chi connectivity index (χ0v) is 19.9. The molecule has 0 radical (unpaired) electrons. The van der Waals surface area contributed by atoms with Crippen LogP contribution >= 0.6 is 0 Å². The number of carbonyl (C=O) groups excluding carboxylic acids is 3. The summed E-state index contributed by atoms with van der Waals surface area (Å²) in [6, 6.07) is 15.0. The SMILES string of the molecule is CC(=O)N1CCC2(CC1)CC(=O)c1ccc(OCC(=O)N3CCO[C@@H](c4ccccc4)C3)cc1O2. The Bertz CT molecular complexity index is 1110. The van der Waals surface area contributed by atoms with Gasteiger partial charge in [-0.05, 0) is 17.7 Å². The van der Waals surface area contributed by atoms with E-state index >= 15 is 0 Å². The molecule has 0 aliphatic carbocycles. The number of carbonyl (C=O) groups is 3. The molecule has 8 nitrogen and oxygen atoms in total. The van der Waals surface area contributed by atoms with Gasteiger partial charge in [0.25, 0.3) is 5.91 Å². The number of hydrogen-bond acceptors (Lipinski definition) is 6. The van der Waals surface area contributed by atoms with Crippen molar-refractivity contribution in [3.63, 3.8) is 0 Å². The van der Waals surface area contributed by atoms with Crippen molar-refractivity contribution in [1.29, 1.82) is 0 Å². The highest BCUT2D eigenvalue weighted by Gasteiger charge is 2.43. The maximum atomic E-state index is 12.8. The minimum atomic E-state index is -0.593. The quantitative estimate of drug-likeness (QED) is 0.672. The van der Waals surface area contributed by atoms with Crippen molar-refractivity contribution in [2.75, 3.05) is 39.4 Å². The summed E-state index contributed by atoms with van der Waals surface area (Å²) in [5.41, 5.74) is 0.984. The molecule has 2 aromatic carbocycles. The Labute approximate surface area is 204 Å². The van der Waals surface area contributed by atoms with Gasteiger partial charge < -0.3 is 24.0 Å². The first-order valence-corrected chi connectivity index (χ1v) is 12.1. The van der Waals surface area contributed by atoms with Crippen molar-refractivity contribution in [1.82, 2.24) is 9.80 Å². The van der Waals surface area contributed by atoms with E-state index in [1.807, 2.05) is 30.3 Å². The van der Waals surface area contributed by atoms with Gasteiger partial charge in [0.1, 0.15) is 23.2 Å². The molecular formula is C27H30N2O6. The van der Waals surface area contributed by atoms with Gasteiger partial charge in [-0.15, -0.1) is 0 Å². The molecule has 3 aliphatic heterocycles. The molecule has 0 unspecified atom stereocenters. The molecule has 1 atom stereocenters. The van der Waals surface area contributed by atoms with Crippen molar-refractivity contribution in [3.05, 3.63) is 59.7 Å². The van der Waals surface area contributed by atoms with E-state index in [1.165, 1.54) is 0 Å². The van der Waals surface area contributed by atoms with Crippen LogP contribution in [0.3, 0.4) is 0 Å². The van der Waals surface area contributed by atoms with Crippen LogP contribution in [0.4, 0.5) is 0 Å². The van der Waals surface area contributed by atoms with E-state index in [1.54, 1.807) is 34.9 Å². The lowest BCUT2D eigenvalue weighted by Crippen LogP contribution is -2.51. The fourth-order valence-electron chi connectivity index (χ4n) is 5.05. The number of morpholine rings is 1. The highest BCUT2D eigenvalue weighted by atomic mass is 16.5. The monoisotopic (exact) mass is 478 g/mol. The van der Waals surface area contributed by atoms with Crippen LogP contribution in [0.5, 0.6) is 11.5 Å². The third kappa shape index (κ3) is 5.03. The van der Waals surface area contributed by atoms with E-state index in [4.69, 9.17) is 14.2 Å². The first kappa shape index (κ1) is 23.4. The third-order valence-electron chi connectivity index (χ3n) is 7.14. The predicted molar refractivity (Wildman–Crippen MR) is 127 cm³/mol. The molecule has 3 heterocycles. The summed E-state index contributed by atoms with van der Waals surface area (Å²) in [4.78, 5) is 40.9. The number of amides is 2. The molecule has 184 valence electrons. The average Bonchev–Trinajstić information content (AvgIpc) is 2.88. The normalized spacial score (nSPS) is 21.3. The van der Waals surface area contributed by atoms with Crippen LogP contribution in [0.25, 0.3) is 0 Å². The van der Waals surface area contributed by atoms with Gasteiger partial charge in [0.15, 0.2) is 12.4 Å². The Kier molecular flexibility index (Phi) is 6.47. The van der Waals surface area contributed by atoms with Crippen molar-refractivity contribution in [3.8, 4) is 11.5 Å². The summed E-state index contributed by atoms with van der Waals surface area (Å²) in [5, 5.41) is 0. The van der Waals surface area contributed by atoms with Gasteiger partial charge in [-0.25, -0.2) is 0 Å². The maximum Gasteiger partial charge on any atom is 0.260 e. The Hall–Kier alpha value is -3.39. The largest absolute Gasteiger partial charge is 0.486 e. The van der Waals surface area contributed by atoms with E-state index in [0.29, 0.717) is 69.1 Å². The number of piperidine rings is 1. The van der Waals surface area contributed by atoms with Crippen molar-refractivity contribution in [2.45, 2.75) is 37.9 Å². The molecule has 0 saturated carbocycles. The lowest BCUT2D eigenvalue weighted by atomic mass is 9.82. The summed E-state index contributed by atoms with van der Waals surface area (Å²) in [6.07, 6.45) is 1.38. The molecule has 35 heavy (non-hydrogen) atoms. The van der Waals surface area contributed by atoms with E-state index in [9.17, 15) is 14.4 Å². The number of rotatable bonds is 4. The second kappa shape index (κ2) is 9.70. The number of hydrogen-bond donors (Lipinski definition) is 0. The highest BCUT2D eigenvalue weighted by Crippen LogP contribution is 2.40. The maximum absolute atomic E-state index is 12.8. The average molecular weight is 479 g/mol. The number of benzene rings is 2. The van der Waals surface area contributed by atoms with Gasteiger partial charge in [-0.1, -0.05) is 30.3 Å². The Morgan fingerprint density at radius 2 is 1.83 bits per heavy atom. The molecule has 8 heteroatoms. The highest BCUT2D eigenvalue weighted by molar-refractivity contribution is 6.00. The summed E-state index contributed by atoms with van der Waals surface area (Å²) in [6.45, 7) is 4.08. The van der Waals surface area contributed by atoms with Crippen LogP contribution in [0.2, 0.25) is 0 Å². The number of likely N-dealkylation sites (tertiary alicyclic amines) is 1. The zero-order valence-electron chi connectivity index (χ0n) is 19.9. The minimum absolute atomic E-state index is 0.0328. The number of nitrogens with zero attached hydrogens (tertiary/aromatic N) is 2. The first-order chi connectivity index (χ1) is 16.9. The van der Waals surface area contributed by atoms with Crippen LogP contribution < -0.4 is 9.47 Å². The van der Waals surface area contributed by atoms with Crippen LogP contribution in [-0.2, 0) is 14.3 Å². The molecule has 0 N–H and O–H groups in total. The molecule has 2 fully saturated rings. The summed E-state index contributed by atoms with van der Waals surface area (Å²) >= 11 is 0. The van der Waals surface area contributed by atoms with E-state index in [-0.39, 0.29) is 30.3 Å². The fourth-order valence-corrected chi connectivity index (χ4v) is 5.05. The van der Waals surface area contributed by atoms with Crippen LogP contribution in [0.1, 0.15) is 48.2 Å².